The van der Waals surface area contributed by atoms with Gasteiger partial charge in [0.15, 0.2) is 0 Å². The normalized spacial score (nSPS) is 25.0. The minimum absolute atomic E-state index is 0.300. The summed E-state index contributed by atoms with van der Waals surface area (Å²) >= 11 is 0. The molecule has 2 aliphatic heterocycles. The van der Waals surface area contributed by atoms with E-state index >= 15 is 0 Å². The van der Waals surface area contributed by atoms with Crippen molar-refractivity contribution in [3.8, 4) is 0 Å². The van der Waals surface area contributed by atoms with E-state index in [0.717, 1.165) is 18.3 Å². The van der Waals surface area contributed by atoms with Crippen LogP contribution in [0.5, 0.6) is 0 Å². The van der Waals surface area contributed by atoms with E-state index in [4.69, 9.17) is 9.31 Å². The zero-order chi connectivity index (χ0) is 20.0. The van der Waals surface area contributed by atoms with E-state index in [1.807, 2.05) is 39.8 Å². The SMILES string of the molecule is CC(N1CCC(c2ccc(B3OC(C)(C)C(C)(C)O3)cc2)CC1)C(F)(F)F. The van der Waals surface area contributed by atoms with Crippen LogP contribution in [0.2, 0.25) is 0 Å². The van der Waals surface area contributed by atoms with Gasteiger partial charge in [-0.1, -0.05) is 24.3 Å². The summed E-state index contributed by atoms with van der Waals surface area (Å²) in [6.07, 6.45) is -2.66. The number of hydrogen-bond donors (Lipinski definition) is 0. The first-order valence-electron chi connectivity index (χ1n) is 9.67. The second-order valence-electron chi connectivity index (χ2n) is 8.78. The Hall–Kier alpha value is -1.05. The summed E-state index contributed by atoms with van der Waals surface area (Å²) in [6, 6.07) is 6.79. The molecule has 2 aliphatic rings. The Labute approximate surface area is 160 Å². The number of halogens is 3. The topological polar surface area (TPSA) is 21.7 Å². The van der Waals surface area contributed by atoms with Crippen LogP contribution in [0, 0.1) is 0 Å². The second kappa shape index (κ2) is 7.09. The summed E-state index contributed by atoms with van der Waals surface area (Å²) in [5, 5.41) is 0. The van der Waals surface area contributed by atoms with Crippen LogP contribution in [0.25, 0.3) is 0 Å². The van der Waals surface area contributed by atoms with Gasteiger partial charge in [0.05, 0.1) is 11.2 Å². The van der Waals surface area contributed by atoms with Gasteiger partial charge in [-0.3, -0.25) is 4.90 Å². The number of hydrogen-bond acceptors (Lipinski definition) is 3. The lowest BCUT2D eigenvalue weighted by Crippen LogP contribution is -2.47. The molecule has 0 spiro atoms. The summed E-state index contributed by atoms with van der Waals surface area (Å²) in [6.45, 7) is 10.3. The summed E-state index contributed by atoms with van der Waals surface area (Å²) in [4.78, 5) is 1.54. The van der Waals surface area contributed by atoms with Crippen LogP contribution in [-0.4, -0.2) is 48.5 Å². The van der Waals surface area contributed by atoms with Gasteiger partial charge >= 0.3 is 13.3 Å². The van der Waals surface area contributed by atoms with Crippen LogP contribution >= 0.6 is 0 Å². The monoisotopic (exact) mass is 383 g/mol. The lowest BCUT2D eigenvalue weighted by Gasteiger charge is -2.36. The Morgan fingerprint density at radius 1 is 1.00 bits per heavy atom. The molecule has 0 N–H and O–H groups in total. The highest BCUT2D eigenvalue weighted by Crippen LogP contribution is 2.37. The molecule has 0 amide bonds. The van der Waals surface area contributed by atoms with Crippen LogP contribution in [0.4, 0.5) is 13.2 Å². The fourth-order valence-electron chi connectivity index (χ4n) is 3.73. The molecule has 0 bridgehead atoms. The van der Waals surface area contributed by atoms with Gasteiger partial charge in [-0.05, 0) is 77.5 Å². The van der Waals surface area contributed by atoms with Gasteiger partial charge < -0.3 is 9.31 Å². The maximum Gasteiger partial charge on any atom is 0.494 e. The van der Waals surface area contributed by atoms with Crippen molar-refractivity contribution < 1.29 is 22.5 Å². The molecule has 2 saturated heterocycles. The molecule has 0 radical (unpaired) electrons. The van der Waals surface area contributed by atoms with E-state index in [1.54, 1.807) is 0 Å². The van der Waals surface area contributed by atoms with Crippen molar-refractivity contribution in [1.82, 2.24) is 4.90 Å². The Bertz CT molecular complexity index is 636. The minimum atomic E-state index is -4.16. The van der Waals surface area contributed by atoms with Crippen LogP contribution < -0.4 is 5.46 Å². The van der Waals surface area contributed by atoms with E-state index in [1.165, 1.54) is 17.4 Å². The highest BCUT2D eigenvalue weighted by atomic mass is 19.4. The Balaban J connectivity index is 1.61. The highest BCUT2D eigenvalue weighted by molar-refractivity contribution is 6.62. The lowest BCUT2D eigenvalue weighted by molar-refractivity contribution is -0.181. The molecule has 0 aliphatic carbocycles. The molecule has 3 rings (SSSR count). The number of piperidine rings is 1. The van der Waals surface area contributed by atoms with Crippen molar-refractivity contribution >= 4 is 12.6 Å². The van der Waals surface area contributed by atoms with Gasteiger partial charge in [-0.15, -0.1) is 0 Å². The van der Waals surface area contributed by atoms with Crippen molar-refractivity contribution in [2.45, 2.75) is 76.8 Å². The smallest absolute Gasteiger partial charge is 0.399 e. The van der Waals surface area contributed by atoms with Crippen LogP contribution in [-0.2, 0) is 9.31 Å². The summed E-state index contributed by atoms with van der Waals surface area (Å²) < 4.78 is 50.8. The molecule has 0 aromatic heterocycles. The molecule has 7 heteroatoms. The molecule has 150 valence electrons. The fraction of sp³-hybridized carbons (Fsp3) is 0.700. The molecular weight excluding hydrogens is 354 g/mol. The largest absolute Gasteiger partial charge is 0.494 e. The lowest BCUT2D eigenvalue weighted by atomic mass is 9.77. The molecule has 0 saturated carbocycles. The molecule has 2 heterocycles. The molecular formula is C20H29BF3NO2. The van der Waals surface area contributed by atoms with E-state index in [0.29, 0.717) is 19.0 Å². The van der Waals surface area contributed by atoms with Crippen molar-refractivity contribution in [2.75, 3.05) is 13.1 Å². The quantitative estimate of drug-likeness (QED) is 0.734. The third kappa shape index (κ3) is 4.20. The Morgan fingerprint density at radius 3 is 1.93 bits per heavy atom. The van der Waals surface area contributed by atoms with Gasteiger partial charge in [0.1, 0.15) is 6.04 Å². The molecule has 1 atom stereocenters. The van der Waals surface area contributed by atoms with Crippen molar-refractivity contribution in [2.24, 2.45) is 0 Å². The first-order chi connectivity index (χ1) is 12.4. The van der Waals surface area contributed by atoms with E-state index in [-0.39, 0.29) is 11.2 Å². The summed E-state index contributed by atoms with van der Waals surface area (Å²) in [5.74, 6) is 0.300. The highest BCUT2D eigenvalue weighted by Gasteiger charge is 2.51. The minimum Gasteiger partial charge on any atom is -0.399 e. The van der Waals surface area contributed by atoms with Crippen LogP contribution in [0.15, 0.2) is 24.3 Å². The summed E-state index contributed by atoms with van der Waals surface area (Å²) in [7, 11) is -0.390. The average molecular weight is 383 g/mol. The van der Waals surface area contributed by atoms with Crippen molar-refractivity contribution in [3.63, 3.8) is 0 Å². The summed E-state index contributed by atoms with van der Waals surface area (Å²) in [5.41, 5.74) is 1.39. The predicted molar refractivity (Wildman–Crippen MR) is 101 cm³/mol. The van der Waals surface area contributed by atoms with Crippen molar-refractivity contribution in [3.05, 3.63) is 29.8 Å². The maximum absolute atomic E-state index is 12.9. The van der Waals surface area contributed by atoms with Gasteiger partial charge in [0.2, 0.25) is 0 Å². The first kappa shape index (κ1) is 20.7. The predicted octanol–water partition coefficient (Wildman–Crippen LogP) is 4.12. The molecule has 1 aromatic rings. The van der Waals surface area contributed by atoms with E-state index in [9.17, 15) is 13.2 Å². The third-order valence-corrected chi connectivity index (χ3v) is 6.48. The molecule has 3 nitrogen and oxygen atoms in total. The Kier molecular flexibility index (Phi) is 5.43. The molecule has 27 heavy (non-hydrogen) atoms. The Morgan fingerprint density at radius 2 is 1.48 bits per heavy atom. The standard InChI is InChI=1S/C20H29BF3NO2/c1-14(20(22,23)24)25-12-10-16(11-13-25)15-6-8-17(9-7-15)21-26-18(2,3)19(4,5)27-21/h6-9,14,16H,10-13H2,1-5H3. The van der Waals surface area contributed by atoms with E-state index in [2.05, 4.69) is 12.1 Å². The number of benzene rings is 1. The van der Waals surface area contributed by atoms with Gasteiger partial charge in [-0.25, -0.2) is 0 Å². The average Bonchev–Trinajstić information content (AvgIpc) is 2.81. The van der Waals surface area contributed by atoms with Gasteiger partial charge in [-0.2, -0.15) is 13.2 Å². The molecule has 1 unspecified atom stereocenters. The zero-order valence-corrected chi connectivity index (χ0v) is 16.8. The zero-order valence-electron chi connectivity index (χ0n) is 16.8. The maximum atomic E-state index is 12.9. The molecule has 1 aromatic carbocycles. The fourth-order valence-corrected chi connectivity index (χ4v) is 3.73. The van der Waals surface area contributed by atoms with Gasteiger partial charge in [0, 0.05) is 0 Å². The number of likely N-dealkylation sites (tertiary alicyclic amines) is 1. The molecule has 2 fully saturated rings. The van der Waals surface area contributed by atoms with Crippen LogP contribution in [0.1, 0.15) is 58.9 Å². The van der Waals surface area contributed by atoms with Gasteiger partial charge in [0.25, 0.3) is 0 Å². The number of nitrogens with zero attached hydrogens (tertiary/aromatic N) is 1. The van der Waals surface area contributed by atoms with Crippen LogP contribution in [0.3, 0.4) is 0 Å². The first-order valence-corrected chi connectivity index (χ1v) is 9.67. The third-order valence-electron chi connectivity index (χ3n) is 6.48. The van der Waals surface area contributed by atoms with E-state index < -0.39 is 19.3 Å². The number of alkyl halides is 3. The second-order valence-corrected chi connectivity index (χ2v) is 8.78. The van der Waals surface area contributed by atoms with Crippen molar-refractivity contribution in [1.29, 1.82) is 0 Å². The number of rotatable bonds is 3.